The summed E-state index contributed by atoms with van der Waals surface area (Å²) in [6.45, 7) is 4.37. The monoisotopic (exact) mass is 162 g/mol. The van der Waals surface area contributed by atoms with Crippen molar-refractivity contribution in [2.45, 2.75) is 31.3 Å². The van der Waals surface area contributed by atoms with E-state index in [0.29, 0.717) is 0 Å². The lowest BCUT2D eigenvalue weighted by atomic mass is 10.3. The van der Waals surface area contributed by atoms with E-state index >= 15 is 0 Å². The van der Waals surface area contributed by atoms with Crippen LogP contribution in [0.25, 0.3) is 0 Å². The van der Waals surface area contributed by atoms with Gasteiger partial charge in [-0.15, -0.1) is 11.8 Å². The second kappa shape index (κ2) is 3.11. The Morgan fingerprint density at radius 2 is 2.40 bits per heavy atom. The van der Waals surface area contributed by atoms with Crippen molar-refractivity contribution in [3.63, 3.8) is 0 Å². The van der Waals surface area contributed by atoms with Crippen LogP contribution >= 0.6 is 11.8 Å². The first-order valence-electron chi connectivity index (χ1n) is 3.57. The molecule has 3 heteroatoms. The molecule has 1 aliphatic rings. The van der Waals surface area contributed by atoms with E-state index in [9.17, 15) is 0 Å². The first-order chi connectivity index (χ1) is 4.64. The number of aliphatic hydroxyl groups is 1. The molecule has 1 heterocycles. The van der Waals surface area contributed by atoms with E-state index in [1.165, 1.54) is 0 Å². The molecule has 0 aromatic carbocycles. The first-order valence-corrected chi connectivity index (χ1v) is 4.55. The summed E-state index contributed by atoms with van der Waals surface area (Å²) in [5.74, 6) is 1.02. The van der Waals surface area contributed by atoms with Crippen LogP contribution in [0.5, 0.6) is 0 Å². The summed E-state index contributed by atoms with van der Waals surface area (Å²) in [4.78, 5) is -0.0279. The Kier molecular flexibility index (Phi) is 2.61. The molecule has 1 N–H and O–H groups in total. The molecule has 1 aliphatic heterocycles. The summed E-state index contributed by atoms with van der Waals surface area (Å²) < 4.78 is 5.59. The highest BCUT2D eigenvalue weighted by atomic mass is 32.2. The molecule has 60 valence electrons. The van der Waals surface area contributed by atoms with Crippen LogP contribution in [0.3, 0.4) is 0 Å². The van der Waals surface area contributed by atoms with Gasteiger partial charge >= 0.3 is 0 Å². The van der Waals surface area contributed by atoms with Crippen molar-refractivity contribution in [3.05, 3.63) is 0 Å². The molecule has 1 saturated heterocycles. The predicted molar refractivity (Wildman–Crippen MR) is 43.1 cm³/mol. The van der Waals surface area contributed by atoms with Gasteiger partial charge in [0.1, 0.15) is 4.93 Å². The minimum Gasteiger partial charge on any atom is -0.396 e. The van der Waals surface area contributed by atoms with Crippen molar-refractivity contribution in [1.82, 2.24) is 0 Å². The van der Waals surface area contributed by atoms with E-state index in [0.717, 1.165) is 12.2 Å². The molecule has 0 aromatic heterocycles. The van der Waals surface area contributed by atoms with E-state index < -0.39 is 0 Å². The van der Waals surface area contributed by atoms with Crippen molar-refractivity contribution in [2.75, 3.05) is 12.4 Å². The Hall–Kier alpha value is 0.270. The maximum Gasteiger partial charge on any atom is 0.108 e. The molecule has 0 amide bonds. The molecule has 0 bridgehead atoms. The highest BCUT2D eigenvalue weighted by molar-refractivity contribution is 8.00. The van der Waals surface area contributed by atoms with Crippen LogP contribution in [0.2, 0.25) is 0 Å². The zero-order valence-corrected chi connectivity index (χ0v) is 7.28. The lowest BCUT2D eigenvalue weighted by molar-refractivity contribution is 0.00392. The fourth-order valence-corrected chi connectivity index (χ4v) is 2.08. The Labute approximate surface area is 66.0 Å². The lowest BCUT2D eigenvalue weighted by Gasteiger charge is -2.17. The lowest BCUT2D eigenvalue weighted by Crippen LogP contribution is -2.19. The van der Waals surface area contributed by atoms with Crippen molar-refractivity contribution in [3.8, 4) is 0 Å². The number of rotatable bonds is 2. The summed E-state index contributed by atoms with van der Waals surface area (Å²) in [5.41, 5.74) is 0. The van der Waals surface area contributed by atoms with Crippen LogP contribution in [-0.4, -0.2) is 28.5 Å². The van der Waals surface area contributed by atoms with E-state index in [4.69, 9.17) is 9.84 Å². The average molecular weight is 162 g/mol. The van der Waals surface area contributed by atoms with Crippen molar-refractivity contribution in [2.24, 2.45) is 0 Å². The number of hydrogen-bond donors (Lipinski definition) is 1. The zero-order chi connectivity index (χ0) is 7.61. The normalized spacial score (nSPS) is 30.9. The van der Waals surface area contributed by atoms with Crippen molar-refractivity contribution >= 4 is 11.8 Å². The molecule has 1 rings (SSSR count). The Morgan fingerprint density at radius 1 is 1.70 bits per heavy atom. The average Bonchev–Trinajstić information content (AvgIpc) is 2.12. The van der Waals surface area contributed by atoms with E-state index in [1.54, 1.807) is 0 Å². The van der Waals surface area contributed by atoms with Crippen LogP contribution in [-0.2, 0) is 4.74 Å². The van der Waals surface area contributed by atoms with Crippen LogP contribution < -0.4 is 0 Å². The number of ether oxygens (including phenoxy) is 1. The third kappa shape index (κ3) is 2.15. The van der Waals surface area contributed by atoms with E-state index in [2.05, 4.69) is 13.8 Å². The summed E-state index contributed by atoms with van der Waals surface area (Å²) >= 11 is 1.81. The van der Waals surface area contributed by atoms with Crippen LogP contribution in [0.15, 0.2) is 0 Å². The largest absolute Gasteiger partial charge is 0.396 e. The fraction of sp³-hybridized carbons (Fsp3) is 1.00. The molecular formula is C7H14O2S. The minimum atomic E-state index is -0.0279. The van der Waals surface area contributed by atoms with Gasteiger partial charge in [-0.3, -0.25) is 0 Å². The number of aliphatic hydroxyl groups excluding tert-OH is 1. The standard InChI is InChI=1S/C7H14O2S/c1-7(2)9-6(3-4-8)5-10-7/h6,8H,3-5H2,1-2H3. The fourth-order valence-electron chi connectivity index (χ4n) is 1.05. The molecule has 2 nitrogen and oxygen atoms in total. The second-order valence-electron chi connectivity index (χ2n) is 2.96. The van der Waals surface area contributed by atoms with Crippen LogP contribution in [0, 0.1) is 0 Å². The maximum atomic E-state index is 8.61. The van der Waals surface area contributed by atoms with Gasteiger partial charge in [-0.2, -0.15) is 0 Å². The molecule has 0 aliphatic carbocycles. The van der Waals surface area contributed by atoms with Gasteiger partial charge in [0.05, 0.1) is 6.10 Å². The van der Waals surface area contributed by atoms with E-state index in [1.807, 2.05) is 11.8 Å². The number of hydrogen-bond acceptors (Lipinski definition) is 3. The van der Waals surface area contributed by atoms with E-state index in [-0.39, 0.29) is 17.6 Å². The molecule has 10 heavy (non-hydrogen) atoms. The molecule has 0 aromatic rings. The summed E-state index contributed by atoms with van der Waals surface area (Å²) in [5, 5.41) is 8.61. The van der Waals surface area contributed by atoms with Gasteiger partial charge in [-0.25, -0.2) is 0 Å². The highest BCUT2D eigenvalue weighted by Gasteiger charge is 2.31. The Bertz CT molecular complexity index is 114. The van der Waals surface area contributed by atoms with Crippen LogP contribution in [0.4, 0.5) is 0 Å². The van der Waals surface area contributed by atoms with Gasteiger partial charge in [0.25, 0.3) is 0 Å². The molecule has 1 atom stereocenters. The third-order valence-corrected chi connectivity index (χ3v) is 2.85. The summed E-state index contributed by atoms with van der Waals surface area (Å²) in [7, 11) is 0. The SMILES string of the molecule is CC1(C)OC(CCO)CS1. The first kappa shape index (κ1) is 8.37. The molecular weight excluding hydrogens is 148 g/mol. The minimum absolute atomic E-state index is 0.0279. The zero-order valence-electron chi connectivity index (χ0n) is 6.46. The van der Waals surface area contributed by atoms with Gasteiger partial charge in [-0.05, 0) is 20.3 Å². The summed E-state index contributed by atoms with van der Waals surface area (Å²) in [6.07, 6.45) is 1.04. The second-order valence-corrected chi connectivity index (χ2v) is 4.57. The maximum absolute atomic E-state index is 8.61. The quantitative estimate of drug-likeness (QED) is 0.662. The van der Waals surface area contributed by atoms with Crippen molar-refractivity contribution < 1.29 is 9.84 Å². The summed E-state index contributed by atoms with van der Waals surface area (Å²) in [6, 6.07) is 0. The van der Waals surface area contributed by atoms with Crippen LogP contribution in [0.1, 0.15) is 20.3 Å². The van der Waals surface area contributed by atoms with Gasteiger partial charge in [0.2, 0.25) is 0 Å². The molecule has 0 saturated carbocycles. The Balaban J connectivity index is 2.29. The molecule has 0 spiro atoms. The Morgan fingerprint density at radius 3 is 2.80 bits per heavy atom. The smallest absolute Gasteiger partial charge is 0.108 e. The topological polar surface area (TPSA) is 29.5 Å². The van der Waals surface area contributed by atoms with Gasteiger partial charge in [0.15, 0.2) is 0 Å². The predicted octanol–water partition coefficient (Wildman–Crippen LogP) is 1.24. The molecule has 1 fully saturated rings. The van der Waals surface area contributed by atoms with Gasteiger partial charge in [0, 0.05) is 12.4 Å². The molecule has 1 unspecified atom stereocenters. The highest BCUT2D eigenvalue weighted by Crippen LogP contribution is 2.36. The molecule has 0 radical (unpaired) electrons. The number of thioether (sulfide) groups is 1. The van der Waals surface area contributed by atoms with Gasteiger partial charge < -0.3 is 9.84 Å². The van der Waals surface area contributed by atoms with Crippen molar-refractivity contribution in [1.29, 1.82) is 0 Å². The third-order valence-electron chi connectivity index (χ3n) is 1.52. The van der Waals surface area contributed by atoms with Gasteiger partial charge in [-0.1, -0.05) is 0 Å².